The highest BCUT2D eigenvalue weighted by Gasteiger charge is 2.50. The van der Waals surface area contributed by atoms with Crippen LogP contribution in [0.15, 0.2) is 92.0 Å². The molecule has 25 nitrogen and oxygen atoms in total. The Labute approximate surface area is 483 Å². The van der Waals surface area contributed by atoms with Crippen LogP contribution in [-0.4, -0.2) is 185 Å². The molecule has 83 heavy (non-hydrogen) atoms. The average Bonchev–Trinajstić information content (AvgIpc) is 1.75. The first-order chi connectivity index (χ1) is 38.9. The third-order valence-corrected chi connectivity index (χ3v) is 18.7. The van der Waals surface area contributed by atoms with Gasteiger partial charge in [-0.1, -0.05) is 12.1 Å². The van der Waals surface area contributed by atoms with E-state index in [1.807, 2.05) is 9.48 Å². The maximum Gasteiger partial charge on any atom is 0.303 e. The Morgan fingerprint density at radius 1 is 0.578 bits per heavy atom. The quantitative estimate of drug-likeness (QED) is 0.0174. The van der Waals surface area contributed by atoms with E-state index in [-0.39, 0.29) is 93.4 Å². The van der Waals surface area contributed by atoms with Gasteiger partial charge in [-0.15, -0.1) is 0 Å². The molecule has 0 aliphatic carbocycles. The van der Waals surface area contributed by atoms with E-state index >= 15 is 0 Å². The van der Waals surface area contributed by atoms with Crippen molar-refractivity contribution in [1.29, 1.82) is 0 Å². The molecular formula is C53H71N2O23S5+. The third kappa shape index (κ3) is 16.8. The van der Waals surface area contributed by atoms with E-state index in [2.05, 4.69) is 0 Å². The van der Waals surface area contributed by atoms with Gasteiger partial charge in [0.1, 0.15) is 16.3 Å². The van der Waals surface area contributed by atoms with Crippen molar-refractivity contribution in [2.45, 2.75) is 96.1 Å². The second kappa shape index (κ2) is 28.1. The first-order valence-electron chi connectivity index (χ1n) is 26.4. The topological polar surface area (TPSA) is 371 Å². The van der Waals surface area contributed by atoms with E-state index in [4.69, 9.17) is 28.4 Å². The maximum absolute atomic E-state index is 13.0. The molecule has 2 aliphatic rings. The normalized spacial score (nSPS) is 18.4. The summed E-state index contributed by atoms with van der Waals surface area (Å²) in [6.07, 6.45) is 6.00. The molecule has 2 heterocycles. The molecule has 6 N–H and O–H groups in total. The summed E-state index contributed by atoms with van der Waals surface area (Å²) in [6.45, 7) is 8.93. The molecule has 0 saturated carbocycles. The number of ether oxygens (including phenoxy) is 6. The number of hydrogen-bond acceptors (Lipinski definition) is 18. The predicted octanol–water partition coefficient (Wildman–Crippen LogP) is 6.01. The number of carboxylic acids is 1. The van der Waals surface area contributed by atoms with Crippen molar-refractivity contribution in [1.82, 2.24) is 0 Å². The number of likely N-dealkylation sites (N-methyl/N-ethyl adjacent to an activating group) is 1. The highest BCUT2D eigenvalue weighted by Crippen LogP contribution is 2.54. The molecule has 4 aromatic rings. The monoisotopic (exact) mass is 1260 g/mol. The molecule has 6 rings (SSSR count). The summed E-state index contributed by atoms with van der Waals surface area (Å²) in [4.78, 5) is 10.00. The van der Waals surface area contributed by atoms with Gasteiger partial charge in [0.25, 0.3) is 50.6 Å². The third-order valence-electron chi connectivity index (χ3n) is 14.5. The van der Waals surface area contributed by atoms with Crippen LogP contribution in [0, 0.1) is 0 Å². The van der Waals surface area contributed by atoms with Crippen LogP contribution >= 0.6 is 0 Å². The molecule has 2 aliphatic heterocycles. The average molecular weight is 1260 g/mol. The van der Waals surface area contributed by atoms with Crippen LogP contribution in [0.3, 0.4) is 0 Å². The number of anilines is 1. The Kier molecular flexibility index (Phi) is 22.8. The van der Waals surface area contributed by atoms with Crippen molar-refractivity contribution in [3.05, 3.63) is 83.6 Å². The number of carbonyl (C=O) groups is 1. The first kappa shape index (κ1) is 67.3. The van der Waals surface area contributed by atoms with Crippen molar-refractivity contribution in [3.63, 3.8) is 0 Å². The molecule has 0 aromatic heterocycles. The number of fused-ring (bicyclic) bond motifs is 6. The van der Waals surface area contributed by atoms with Gasteiger partial charge >= 0.3 is 5.97 Å². The van der Waals surface area contributed by atoms with Gasteiger partial charge in [-0.3, -0.25) is 27.6 Å². The standard InChI is InChI=1S/C53H70N2O23S5/c1-5-54-43-16-14-39-41(33-37(80(61,62)63)35-45(39)82(67,68)69)50(43)52(2,18-10-32-79(58,59)60)47(54)11-9-12-48-53(3,19-21-74-24-25-76-28-29-78-31-30-77-27-26-75-23-22-73-4)51-42-34-38(81(64,65)66)36-46(83(70,71)72)40(42)15-17-44(51)55(48)20-8-6-7-13-49(56)57/h9,11-12,14-17,33-36H,5-8,10,13,18-32H2,1-4H3,(H5-,56,57,58,59,60,61,62,63,64,65,66,67,68,69,70,71,72)/p+1. The minimum absolute atomic E-state index is 0.0155. The number of carboxylic acid groups (broad SMARTS) is 1. The summed E-state index contributed by atoms with van der Waals surface area (Å²) in [5.74, 6) is -1.70. The van der Waals surface area contributed by atoms with Crippen LogP contribution in [0.25, 0.3) is 21.5 Å². The second-order valence-electron chi connectivity index (χ2n) is 20.1. The van der Waals surface area contributed by atoms with Crippen molar-refractivity contribution in [2.24, 2.45) is 0 Å². The van der Waals surface area contributed by atoms with Gasteiger partial charge in [-0.2, -0.15) is 46.7 Å². The summed E-state index contributed by atoms with van der Waals surface area (Å²) in [6, 6.07) is 9.31. The molecule has 460 valence electrons. The SMILES string of the molecule is CCN1/C(=C/C=C/C2=[N+](CCCCCC(=O)O)c3ccc4c(S(=O)(=O)O)cc(S(=O)(=O)O)cc4c3C2(C)CCOCCOCCOCCOCCOCCOC)C(C)(CCCS(=O)(=O)O)c2c1ccc1c(S(=O)(=O)O)cc(S(=O)(=O)O)cc21. The molecule has 0 saturated heterocycles. The van der Waals surface area contributed by atoms with Crippen LogP contribution in [-0.2, 0) is 94.6 Å². The van der Waals surface area contributed by atoms with Crippen molar-refractivity contribution >= 4 is 95.2 Å². The lowest BCUT2D eigenvalue weighted by Crippen LogP contribution is -2.33. The molecule has 0 amide bonds. The summed E-state index contributed by atoms with van der Waals surface area (Å²) >= 11 is 0. The van der Waals surface area contributed by atoms with Gasteiger partial charge in [0.2, 0.25) is 5.69 Å². The number of hydrogen-bond donors (Lipinski definition) is 6. The molecule has 0 spiro atoms. The molecular weight excluding hydrogens is 1190 g/mol. The zero-order chi connectivity index (χ0) is 61.2. The number of benzene rings is 4. The molecule has 0 radical (unpaired) electrons. The van der Waals surface area contributed by atoms with Crippen LogP contribution in [0.2, 0.25) is 0 Å². The molecule has 4 aromatic carbocycles. The fourth-order valence-corrected chi connectivity index (χ4v) is 14.0. The van der Waals surface area contributed by atoms with Gasteiger partial charge in [-0.05, 0) is 112 Å². The summed E-state index contributed by atoms with van der Waals surface area (Å²) in [5, 5.41) is 9.21. The Balaban J connectivity index is 1.45. The summed E-state index contributed by atoms with van der Waals surface area (Å²) in [5.41, 5.74) is -0.0929. The van der Waals surface area contributed by atoms with E-state index in [9.17, 15) is 74.8 Å². The lowest BCUT2D eigenvalue weighted by molar-refractivity contribution is -0.438. The van der Waals surface area contributed by atoms with Gasteiger partial charge in [0, 0.05) is 78.4 Å². The fraction of sp³-hybridized carbons (Fsp3) is 0.509. The fourth-order valence-electron chi connectivity index (χ4n) is 10.8. The van der Waals surface area contributed by atoms with Crippen molar-refractivity contribution in [3.8, 4) is 0 Å². The van der Waals surface area contributed by atoms with Crippen molar-refractivity contribution < 1.29 is 108 Å². The van der Waals surface area contributed by atoms with E-state index in [0.717, 1.165) is 12.1 Å². The number of nitrogens with zero attached hydrogens (tertiary/aromatic N) is 2. The largest absolute Gasteiger partial charge is 0.481 e. The molecule has 0 fully saturated rings. The highest BCUT2D eigenvalue weighted by molar-refractivity contribution is 7.87. The van der Waals surface area contributed by atoms with E-state index in [0.29, 0.717) is 105 Å². The second-order valence-corrected chi connectivity index (χ2v) is 27.3. The summed E-state index contributed by atoms with van der Waals surface area (Å²) < 4.78 is 213. The lowest BCUT2D eigenvalue weighted by Gasteiger charge is -2.30. The van der Waals surface area contributed by atoms with Gasteiger partial charge < -0.3 is 38.4 Å². The van der Waals surface area contributed by atoms with Gasteiger partial charge in [-0.25, -0.2) is 0 Å². The molecule has 2 unspecified atom stereocenters. The first-order valence-corrected chi connectivity index (χ1v) is 33.7. The lowest BCUT2D eigenvalue weighted by atomic mass is 9.74. The van der Waals surface area contributed by atoms with Gasteiger partial charge in [0.05, 0.1) is 87.0 Å². The number of unbranched alkanes of at least 4 members (excludes halogenated alkanes) is 2. The molecule has 30 heteroatoms. The van der Waals surface area contributed by atoms with Crippen LogP contribution in [0.5, 0.6) is 0 Å². The molecule has 2 atom stereocenters. The number of aliphatic carboxylic acids is 1. The van der Waals surface area contributed by atoms with Crippen molar-refractivity contribution in [2.75, 3.05) is 104 Å². The highest BCUT2D eigenvalue weighted by atomic mass is 32.2. The van der Waals surface area contributed by atoms with Crippen LogP contribution in [0.4, 0.5) is 11.4 Å². The van der Waals surface area contributed by atoms with E-state index in [1.165, 1.54) is 12.1 Å². The van der Waals surface area contributed by atoms with E-state index in [1.54, 1.807) is 58.2 Å². The Bertz CT molecular complexity index is 3720. The summed E-state index contributed by atoms with van der Waals surface area (Å²) in [7, 11) is -23.5. The predicted molar refractivity (Wildman–Crippen MR) is 304 cm³/mol. The van der Waals surface area contributed by atoms with E-state index < -0.39 is 92.7 Å². The number of methoxy groups -OCH3 is 1. The van der Waals surface area contributed by atoms with Crippen LogP contribution < -0.4 is 4.90 Å². The zero-order valence-corrected chi connectivity index (χ0v) is 50.3. The molecule has 0 bridgehead atoms. The Morgan fingerprint density at radius 2 is 1.07 bits per heavy atom. The number of rotatable bonds is 35. The van der Waals surface area contributed by atoms with Crippen LogP contribution in [0.1, 0.15) is 76.8 Å². The Hall–Kier alpha value is -4.87. The Morgan fingerprint density at radius 3 is 1.54 bits per heavy atom. The maximum atomic E-state index is 13.0. The minimum atomic E-state index is -5.14. The van der Waals surface area contributed by atoms with Gasteiger partial charge in [0.15, 0.2) is 5.71 Å². The zero-order valence-electron chi connectivity index (χ0n) is 46.3. The number of allylic oxidation sites excluding steroid dienone is 4. The smallest absolute Gasteiger partial charge is 0.303 e. The minimum Gasteiger partial charge on any atom is -0.481 e.